The summed E-state index contributed by atoms with van der Waals surface area (Å²) in [5.74, 6) is 4.57. The first-order valence-corrected chi connectivity index (χ1v) is 8.09. The van der Waals surface area contributed by atoms with Crippen LogP contribution in [0.2, 0.25) is 0 Å². The first-order chi connectivity index (χ1) is 10.3. The zero-order chi connectivity index (χ0) is 14.7. The van der Waals surface area contributed by atoms with Crippen molar-refractivity contribution in [2.45, 2.75) is 45.6 Å². The molecule has 21 heavy (non-hydrogen) atoms. The lowest BCUT2D eigenvalue weighted by Crippen LogP contribution is -2.43. The second-order valence-electron chi connectivity index (χ2n) is 6.31. The highest BCUT2D eigenvalue weighted by atomic mass is 15.3. The fourth-order valence-corrected chi connectivity index (χ4v) is 3.10. The summed E-state index contributed by atoms with van der Waals surface area (Å²) in [6.07, 6.45) is 6.32. The number of aliphatic imine (C=N–C) groups is 1. The normalized spacial score (nSPS) is 22.6. The predicted octanol–water partition coefficient (Wildman–Crippen LogP) is 1.11. The van der Waals surface area contributed by atoms with E-state index in [1.807, 2.05) is 14.0 Å². The van der Waals surface area contributed by atoms with Gasteiger partial charge in [0.05, 0.1) is 0 Å². The van der Waals surface area contributed by atoms with E-state index in [4.69, 9.17) is 0 Å². The monoisotopic (exact) mass is 290 g/mol. The molecule has 6 nitrogen and oxygen atoms in total. The molecule has 1 aromatic heterocycles. The summed E-state index contributed by atoms with van der Waals surface area (Å²) in [4.78, 5) is 4.32. The SMILES string of the molecule is CN=C(NCC1CCC1)NCC1CCc2nnc(C)n2C1. The maximum Gasteiger partial charge on any atom is 0.190 e. The topological polar surface area (TPSA) is 67.1 Å². The van der Waals surface area contributed by atoms with Gasteiger partial charge in [0.15, 0.2) is 5.96 Å². The van der Waals surface area contributed by atoms with Crippen molar-refractivity contribution >= 4 is 5.96 Å². The van der Waals surface area contributed by atoms with E-state index < -0.39 is 0 Å². The zero-order valence-electron chi connectivity index (χ0n) is 13.1. The lowest BCUT2D eigenvalue weighted by Gasteiger charge is -2.27. The van der Waals surface area contributed by atoms with Crippen molar-refractivity contribution in [3.63, 3.8) is 0 Å². The number of rotatable bonds is 4. The van der Waals surface area contributed by atoms with Gasteiger partial charge < -0.3 is 15.2 Å². The minimum absolute atomic E-state index is 0.620. The van der Waals surface area contributed by atoms with Gasteiger partial charge in [-0.3, -0.25) is 4.99 Å². The molecule has 1 aliphatic heterocycles. The van der Waals surface area contributed by atoms with E-state index in [9.17, 15) is 0 Å². The van der Waals surface area contributed by atoms with E-state index >= 15 is 0 Å². The van der Waals surface area contributed by atoms with Gasteiger partial charge in [0, 0.05) is 33.1 Å². The van der Waals surface area contributed by atoms with Crippen LogP contribution in [0.4, 0.5) is 0 Å². The maximum absolute atomic E-state index is 4.32. The van der Waals surface area contributed by atoms with Crippen LogP contribution in [-0.2, 0) is 13.0 Å². The number of hydrogen-bond acceptors (Lipinski definition) is 3. The van der Waals surface area contributed by atoms with Gasteiger partial charge in [-0.2, -0.15) is 0 Å². The molecule has 1 unspecified atom stereocenters. The Bertz CT molecular complexity index is 502. The number of guanidine groups is 1. The lowest BCUT2D eigenvalue weighted by molar-refractivity contribution is 0.313. The molecule has 1 aromatic rings. The fraction of sp³-hybridized carbons (Fsp3) is 0.800. The number of nitrogens with one attached hydrogen (secondary N) is 2. The highest BCUT2D eigenvalue weighted by Crippen LogP contribution is 2.25. The summed E-state index contributed by atoms with van der Waals surface area (Å²) in [7, 11) is 1.85. The first kappa shape index (κ1) is 14.4. The number of aromatic nitrogens is 3. The van der Waals surface area contributed by atoms with E-state index in [1.54, 1.807) is 0 Å². The van der Waals surface area contributed by atoms with Gasteiger partial charge in [-0.1, -0.05) is 6.42 Å². The summed E-state index contributed by atoms with van der Waals surface area (Å²) in [5.41, 5.74) is 0. The average Bonchev–Trinajstić information content (AvgIpc) is 2.82. The smallest absolute Gasteiger partial charge is 0.190 e. The molecule has 2 heterocycles. The maximum atomic E-state index is 4.32. The highest BCUT2D eigenvalue weighted by molar-refractivity contribution is 5.79. The molecule has 1 atom stereocenters. The Hall–Kier alpha value is -1.59. The molecular formula is C15H26N6. The van der Waals surface area contributed by atoms with Crippen LogP contribution in [0.1, 0.15) is 37.3 Å². The second kappa shape index (κ2) is 6.45. The van der Waals surface area contributed by atoms with E-state index in [2.05, 4.69) is 30.4 Å². The van der Waals surface area contributed by atoms with E-state index in [0.717, 1.165) is 49.6 Å². The van der Waals surface area contributed by atoms with Crippen molar-refractivity contribution < 1.29 is 0 Å². The van der Waals surface area contributed by atoms with Crippen LogP contribution < -0.4 is 10.6 Å². The number of aryl methyl sites for hydroxylation is 2. The largest absolute Gasteiger partial charge is 0.356 e. The number of fused-ring (bicyclic) bond motifs is 1. The quantitative estimate of drug-likeness (QED) is 0.644. The zero-order valence-corrected chi connectivity index (χ0v) is 13.1. The lowest BCUT2D eigenvalue weighted by atomic mass is 9.85. The third-order valence-corrected chi connectivity index (χ3v) is 4.79. The Balaban J connectivity index is 1.45. The van der Waals surface area contributed by atoms with Gasteiger partial charge >= 0.3 is 0 Å². The molecule has 0 aromatic carbocycles. The first-order valence-electron chi connectivity index (χ1n) is 8.09. The molecule has 2 aliphatic rings. The van der Waals surface area contributed by atoms with Gasteiger partial charge in [0.25, 0.3) is 0 Å². The third kappa shape index (κ3) is 3.36. The second-order valence-corrected chi connectivity index (χ2v) is 6.31. The minimum atomic E-state index is 0.620. The molecule has 0 radical (unpaired) electrons. The molecule has 6 heteroatoms. The van der Waals surface area contributed by atoms with Crippen molar-refractivity contribution in [1.29, 1.82) is 0 Å². The van der Waals surface area contributed by atoms with Crippen molar-refractivity contribution in [3.05, 3.63) is 11.6 Å². The van der Waals surface area contributed by atoms with Gasteiger partial charge in [-0.05, 0) is 38.0 Å². The highest BCUT2D eigenvalue weighted by Gasteiger charge is 2.22. The molecule has 0 saturated heterocycles. The Morgan fingerprint density at radius 3 is 2.62 bits per heavy atom. The van der Waals surface area contributed by atoms with Gasteiger partial charge in [-0.25, -0.2) is 0 Å². The third-order valence-electron chi connectivity index (χ3n) is 4.79. The van der Waals surface area contributed by atoms with Crippen molar-refractivity contribution in [2.75, 3.05) is 20.1 Å². The summed E-state index contributed by atoms with van der Waals surface area (Å²) >= 11 is 0. The Morgan fingerprint density at radius 1 is 1.19 bits per heavy atom. The fourth-order valence-electron chi connectivity index (χ4n) is 3.10. The summed E-state index contributed by atoms with van der Waals surface area (Å²) in [6.45, 7) is 5.06. The standard InChI is InChI=1S/C15H26N6/c1-11-19-20-14-7-6-13(10-21(11)14)9-18-15(16-2)17-8-12-4-3-5-12/h12-13H,3-10H2,1-2H3,(H2,16,17,18). The van der Waals surface area contributed by atoms with Crippen molar-refractivity contribution in [1.82, 2.24) is 25.4 Å². The minimum Gasteiger partial charge on any atom is -0.356 e. The number of hydrogen-bond donors (Lipinski definition) is 2. The van der Waals surface area contributed by atoms with Gasteiger partial charge in [-0.15, -0.1) is 10.2 Å². The molecule has 0 spiro atoms. The summed E-state index contributed by atoms with van der Waals surface area (Å²) in [5, 5.41) is 15.3. The summed E-state index contributed by atoms with van der Waals surface area (Å²) in [6, 6.07) is 0. The average molecular weight is 290 g/mol. The molecule has 2 N–H and O–H groups in total. The molecule has 116 valence electrons. The Labute approximate surface area is 126 Å². The molecule has 0 bridgehead atoms. The molecule has 1 aliphatic carbocycles. The van der Waals surface area contributed by atoms with Gasteiger partial charge in [0.1, 0.15) is 11.6 Å². The Kier molecular flexibility index (Phi) is 4.41. The van der Waals surface area contributed by atoms with Crippen LogP contribution in [0.5, 0.6) is 0 Å². The Morgan fingerprint density at radius 2 is 1.95 bits per heavy atom. The van der Waals surface area contributed by atoms with Gasteiger partial charge in [0.2, 0.25) is 0 Å². The molecule has 0 amide bonds. The van der Waals surface area contributed by atoms with Crippen LogP contribution in [0.3, 0.4) is 0 Å². The van der Waals surface area contributed by atoms with Crippen LogP contribution in [-0.4, -0.2) is 40.9 Å². The van der Waals surface area contributed by atoms with Crippen molar-refractivity contribution in [3.8, 4) is 0 Å². The predicted molar refractivity (Wildman–Crippen MR) is 83.3 cm³/mol. The molecule has 1 saturated carbocycles. The summed E-state index contributed by atoms with van der Waals surface area (Å²) < 4.78 is 2.25. The molecular weight excluding hydrogens is 264 g/mol. The number of nitrogens with zero attached hydrogens (tertiary/aromatic N) is 4. The van der Waals surface area contributed by atoms with Crippen LogP contribution in [0, 0.1) is 18.8 Å². The van der Waals surface area contributed by atoms with Crippen LogP contribution in [0.15, 0.2) is 4.99 Å². The van der Waals surface area contributed by atoms with Crippen LogP contribution in [0.25, 0.3) is 0 Å². The van der Waals surface area contributed by atoms with E-state index in [-0.39, 0.29) is 0 Å². The molecule has 3 rings (SSSR count). The van der Waals surface area contributed by atoms with E-state index in [0.29, 0.717) is 5.92 Å². The van der Waals surface area contributed by atoms with E-state index in [1.165, 1.54) is 25.7 Å². The van der Waals surface area contributed by atoms with Crippen LogP contribution >= 0.6 is 0 Å². The van der Waals surface area contributed by atoms with Crippen molar-refractivity contribution in [2.24, 2.45) is 16.8 Å². The molecule has 1 fully saturated rings.